The van der Waals surface area contributed by atoms with E-state index in [1.54, 1.807) is 0 Å². The summed E-state index contributed by atoms with van der Waals surface area (Å²) < 4.78 is 0. The number of rotatable bonds is 4. The van der Waals surface area contributed by atoms with Gasteiger partial charge in [0.15, 0.2) is 0 Å². The lowest BCUT2D eigenvalue weighted by atomic mass is 10.1. The van der Waals surface area contributed by atoms with E-state index < -0.39 is 35.7 Å². The summed E-state index contributed by atoms with van der Waals surface area (Å²) in [5.41, 5.74) is 5.34. The van der Waals surface area contributed by atoms with E-state index in [1.165, 1.54) is 6.92 Å². The topological polar surface area (TPSA) is 118 Å². The van der Waals surface area contributed by atoms with E-state index in [1.807, 2.05) is 0 Å². The van der Waals surface area contributed by atoms with Crippen molar-refractivity contribution in [1.82, 2.24) is 4.90 Å². The van der Waals surface area contributed by atoms with Crippen molar-refractivity contribution in [1.29, 1.82) is 0 Å². The molecule has 88 valence electrons. The molecule has 1 aliphatic heterocycles. The second-order valence-electron chi connectivity index (χ2n) is 3.67. The first-order chi connectivity index (χ1) is 7.34. The Labute approximate surface area is 91.2 Å². The van der Waals surface area contributed by atoms with Gasteiger partial charge in [-0.1, -0.05) is 0 Å². The van der Waals surface area contributed by atoms with Crippen molar-refractivity contribution in [2.45, 2.75) is 31.8 Å². The number of amides is 2. The van der Waals surface area contributed by atoms with Gasteiger partial charge in [0.1, 0.15) is 11.8 Å². The number of nitrogens with two attached hydrogens (primary N) is 1. The number of carbonyl (C=O) groups excluding carboxylic acids is 3. The quantitative estimate of drug-likeness (QED) is 0.565. The van der Waals surface area contributed by atoms with Crippen molar-refractivity contribution >= 4 is 23.6 Å². The van der Waals surface area contributed by atoms with Crippen LogP contribution in [-0.2, 0) is 19.2 Å². The number of likely N-dealkylation sites (tertiary alicyclic amines) is 1. The summed E-state index contributed by atoms with van der Waals surface area (Å²) in [5.74, 6) is -3.18. The van der Waals surface area contributed by atoms with Gasteiger partial charge in [-0.15, -0.1) is 0 Å². The van der Waals surface area contributed by atoms with Crippen molar-refractivity contribution in [3.63, 3.8) is 0 Å². The molecule has 1 heterocycles. The fourth-order valence-corrected chi connectivity index (χ4v) is 1.56. The Morgan fingerprint density at radius 3 is 2.44 bits per heavy atom. The van der Waals surface area contributed by atoms with Crippen molar-refractivity contribution in [2.75, 3.05) is 0 Å². The highest BCUT2D eigenvalue weighted by molar-refractivity contribution is 6.08. The Hall–Kier alpha value is -1.76. The van der Waals surface area contributed by atoms with Crippen LogP contribution in [0.3, 0.4) is 0 Å². The molecule has 3 N–H and O–H groups in total. The van der Waals surface area contributed by atoms with Crippen LogP contribution in [-0.4, -0.2) is 45.7 Å². The lowest BCUT2D eigenvalue weighted by molar-refractivity contribution is -0.155. The smallest absolute Gasteiger partial charge is 0.327 e. The number of carboxylic acid groups (broad SMARTS) is 1. The first kappa shape index (κ1) is 12.3. The second kappa shape index (κ2) is 4.40. The number of Topliss-reactive ketones (excluding diaryl/α,β-unsaturated/α-hetero) is 1. The van der Waals surface area contributed by atoms with Crippen LogP contribution in [0.1, 0.15) is 19.8 Å². The molecular weight excluding hydrogens is 216 g/mol. The number of hydrogen-bond donors (Lipinski definition) is 2. The van der Waals surface area contributed by atoms with Gasteiger partial charge in [-0.05, 0) is 6.92 Å². The molecule has 1 rings (SSSR count). The van der Waals surface area contributed by atoms with Crippen LogP contribution in [0.5, 0.6) is 0 Å². The average Bonchev–Trinajstić information content (AvgIpc) is 2.38. The Bertz CT molecular complexity index is 365. The number of hydrogen-bond acceptors (Lipinski definition) is 5. The molecule has 2 atom stereocenters. The zero-order valence-electron chi connectivity index (χ0n) is 8.67. The summed E-state index contributed by atoms with van der Waals surface area (Å²) in [6.45, 7) is 1.20. The molecule has 0 aliphatic carbocycles. The zero-order chi connectivity index (χ0) is 12.5. The summed E-state index contributed by atoms with van der Waals surface area (Å²) in [7, 11) is 0. The molecular formula is C9H12N2O5. The van der Waals surface area contributed by atoms with Gasteiger partial charge in [-0.2, -0.15) is 0 Å². The molecule has 2 unspecified atom stereocenters. The van der Waals surface area contributed by atoms with Gasteiger partial charge in [-0.3, -0.25) is 19.3 Å². The summed E-state index contributed by atoms with van der Waals surface area (Å²) in [5, 5.41) is 8.87. The molecule has 1 fully saturated rings. The van der Waals surface area contributed by atoms with Crippen molar-refractivity contribution in [3.8, 4) is 0 Å². The van der Waals surface area contributed by atoms with E-state index in [0.717, 1.165) is 0 Å². The summed E-state index contributed by atoms with van der Waals surface area (Å²) in [4.78, 5) is 45.1. The lowest BCUT2D eigenvalue weighted by Gasteiger charge is -2.21. The minimum atomic E-state index is -1.44. The highest BCUT2D eigenvalue weighted by Crippen LogP contribution is 2.17. The van der Waals surface area contributed by atoms with Crippen LogP contribution < -0.4 is 5.73 Å². The third-order valence-corrected chi connectivity index (χ3v) is 2.30. The maximum atomic E-state index is 11.4. The normalized spacial score (nSPS) is 22.4. The van der Waals surface area contributed by atoms with Gasteiger partial charge in [0.2, 0.25) is 11.8 Å². The van der Waals surface area contributed by atoms with Gasteiger partial charge < -0.3 is 10.8 Å². The van der Waals surface area contributed by atoms with Gasteiger partial charge in [0, 0.05) is 6.42 Å². The number of nitrogens with zero attached hydrogens (tertiary/aromatic N) is 1. The average molecular weight is 228 g/mol. The van der Waals surface area contributed by atoms with E-state index >= 15 is 0 Å². The largest absolute Gasteiger partial charge is 0.480 e. The van der Waals surface area contributed by atoms with Crippen molar-refractivity contribution in [2.24, 2.45) is 5.73 Å². The predicted octanol–water partition coefficient (Wildman–Crippen LogP) is -1.50. The highest BCUT2D eigenvalue weighted by atomic mass is 16.4. The second-order valence-corrected chi connectivity index (χ2v) is 3.67. The Kier molecular flexibility index (Phi) is 3.38. The molecule has 0 saturated carbocycles. The number of carbonyl (C=O) groups is 4. The minimum absolute atomic E-state index is 0.208. The Balaban J connectivity index is 2.94. The fourth-order valence-electron chi connectivity index (χ4n) is 1.56. The minimum Gasteiger partial charge on any atom is -0.480 e. The Morgan fingerprint density at radius 1 is 1.56 bits per heavy atom. The lowest BCUT2D eigenvalue weighted by Crippen LogP contribution is -2.47. The van der Waals surface area contributed by atoms with Crippen molar-refractivity contribution in [3.05, 3.63) is 0 Å². The van der Waals surface area contributed by atoms with Gasteiger partial charge in [0.25, 0.3) is 0 Å². The zero-order valence-corrected chi connectivity index (χ0v) is 8.67. The first-order valence-electron chi connectivity index (χ1n) is 4.68. The van der Waals surface area contributed by atoms with Gasteiger partial charge in [-0.25, -0.2) is 4.79 Å². The Morgan fingerprint density at radius 2 is 2.12 bits per heavy atom. The molecule has 0 radical (unpaired) electrons. The summed E-state index contributed by atoms with van der Waals surface area (Å²) >= 11 is 0. The van der Waals surface area contributed by atoms with Gasteiger partial charge in [0.05, 0.1) is 12.5 Å². The fraction of sp³-hybridized carbons (Fsp3) is 0.556. The monoisotopic (exact) mass is 228 g/mol. The molecule has 1 aliphatic rings. The SMILES string of the molecule is CC(=O)CC(C(=O)O)N1C(=O)CC(N)C1=O. The molecule has 1 saturated heterocycles. The third-order valence-electron chi connectivity index (χ3n) is 2.30. The maximum Gasteiger partial charge on any atom is 0.327 e. The van der Waals surface area contributed by atoms with Gasteiger partial charge >= 0.3 is 5.97 Å². The van der Waals surface area contributed by atoms with Crippen LogP contribution in [0.15, 0.2) is 0 Å². The third kappa shape index (κ3) is 2.25. The molecule has 16 heavy (non-hydrogen) atoms. The molecule has 2 amide bonds. The van der Waals surface area contributed by atoms with E-state index in [2.05, 4.69) is 0 Å². The van der Waals surface area contributed by atoms with E-state index in [-0.39, 0.29) is 12.8 Å². The highest BCUT2D eigenvalue weighted by Gasteiger charge is 2.43. The van der Waals surface area contributed by atoms with Crippen LogP contribution in [0.4, 0.5) is 0 Å². The molecule has 7 heteroatoms. The van der Waals surface area contributed by atoms with Crippen LogP contribution in [0.2, 0.25) is 0 Å². The van der Waals surface area contributed by atoms with E-state index in [0.29, 0.717) is 4.90 Å². The summed E-state index contributed by atoms with van der Waals surface area (Å²) in [6, 6.07) is -2.44. The summed E-state index contributed by atoms with van der Waals surface area (Å²) in [6.07, 6.45) is -0.597. The number of aliphatic carboxylic acids is 1. The predicted molar refractivity (Wildman–Crippen MR) is 51.2 cm³/mol. The first-order valence-corrected chi connectivity index (χ1v) is 4.68. The van der Waals surface area contributed by atoms with E-state index in [4.69, 9.17) is 10.8 Å². The van der Waals surface area contributed by atoms with E-state index in [9.17, 15) is 19.2 Å². The van der Waals surface area contributed by atoms with Crippen molar-refractivity contribution < 1.29 is 24.3 Å². The number of imide groups is 1. The number of ketones is 1. The molecule has 0 bridgehead atoms. The molecule has 0 aromatic carbocycles. The molecule has 7 nitrogen and oxygen atoms in total. The van der Waals surface area contributed by atoms with Crippen LogP contribution in [0, 0.1) is 0 Å². The molecule has 0 aromatic heterocycles. The van der Waals surface area contributed by atoms with Crippen LogP contribution >= 0.6 is 0 Å². The molecule has 0 spiro atoms. The molecule has 0 aromatic rings. The maximum absolute atomic E-state index is 11.4. The number of carboxylic acids is 1. The van der Waals surface area contributed by atoms with Crippen LogP contribution in [0.25, 0.3) is 0 Å². The standard InChI is InChI=1S/C9H12N2O5/c1-4(12)2-6(9(15)16)11-7(13)3-5(10)8(11)14/h5-6H,2-3,10H2,1H3,(H,15,16).